The second-order valence-corrected chi connectivity index (χ2v) is 5.56. The van der Waals surface area contributed by atoms with Crippen LogP contribution in [-0.4, -0.2) is 22.6 Å². The standard InChI is InChI=1S/C19H17NO4/c1-13(11-21)20-18-10-17(24-16-5-3-2-4-6-16)8-7-14(18)9-15(12-22)19(20)23/h2-10,12-13,21H,11H2,1H3. The zero-order valence-electron chi connectivity index (χ0n) is 13.2. The third-order valence-electron chi connectivity index (χ3n) is 3.85. The summed E-state index contributed by atoms with van der Waals surface area (Å²) in [6.07, 6.45) is 0.538. The van der Waals surface area contributed by atoms with Gasteiger partial charge in [0.05, 0.1) is 23.7 Å². The molecular formula is C19H17NO4. The zero-order chi connectivity index (χ0) is 17.1. The van der Waals surface area contributed by atoms with Crippen molar-refractivity contribution in [1.29, 1.82) is 0 Å². The van der Waals surface area contributed by atoms with E-state index in [2.05, 4.69) is 0 Å². The van der Waals surface area contributed by atoms with Gasteiger partial charge in [0.2, 0.25) is 0 Å². The number of hydrogen-bond acceptors (Lipinski definition) is 4. The second kappa shape index (κ2) is 6.68. The minimum Gasteiger partial charge on any atom is -0.457 e. The minimum atomic E-state index is -0.452. The molecule has 3 rings (SSSR count). The van der Waals surface area contributed by atoms with Gasteiger partial charge in [0.25, 0.3) is 5.56 Å². The molecule has 0 spiro atoms. The van der Waals surface area contributed by atoms with Crippen molar-refractivity contribution < 1.29 is 14.6 Å². The lowest BCUT2D eigenvalue weighted by molar-refractivity contribution is 0.112. The fourth-order valence-corrected chi connectivity index (χ4v) is 2.62. The van der Waals surface area contributed by atoms with Gasteiger partial charge in [0.1, 0.15) is 11.5 Å². The van der Waals surface area contributed by atoms with Crippen LogP contribution in [0.4, 0.5) is 0 Å². The molecule has 1 aromatic heterocycles. The van der Waals surface area contributed by atoms with Gasteiger partial charge in [-0.15, -0.1) is 0 Å². The van der Waals surface area contributed by atoms with E-state index in [1.807, 2.05) is 30.3 Å². The summed E-state index contributed by atoms with van der Waals surface area (Å²) in [4.78, 5) is 23.6. The molecule has 0 saturated heterocycles. The van der Waals surface area contributed by atoms with E-state index >= 15 is 0 Å². The third kappa shape index (κ3) is 2.94. The van der Waals surface area contributed by atoms with Crippen LogP contribution >= 0.6 is 0 Å². The molecule has 0 amide bonds. The number of carbonyl (C=O) groups is 1. The monoisotopic (exact) mass is 323 g/mol. The molecule has 3 aromatic rings. The summed E-state index contributed by atoms with van der Waals surface area (Å²) in [6, 6.07) is 15.7. The first kappa shape index (κ1) is 16.0. The molecule has 5 heteroatoms. The highest BCUT2D eigenvalue weighted by molar-refractivity contribution is 5.87. The van der Waals surface area contributed by atoms with Gasteiger partial charge in [0, 0.05) is 6.07 Å². The van der Waals surface area contributed by atoms with Gasteiger partial charge in [-0.25, -0.2) is 0 Å². The predicted molar refractivity (Wildman–Crippen MR) is 91.9 cm³/mol. The van der Waals surface area contributed by atoms with Crippen LogP contribution in [0.2, 0.25) is 0 Å². The Labute approximate surface area is 138 Å². The number of nitrogens with zero attached hydrogens (tertiary/aromatic N) is 1. The van der Waals surface area contributed by atoms with Crippen molar-refractivity contribution in [2.45, 2.75) is 13.0 Å². The van der Waals surface area contributed by atoms with Crippen molar-refractivity contribution in [2.24, 2.45) is 0 Å². The van der Waals surface area contributed by atoms with Crippen LogP contribution in [0, 0.1) is 0 Å². The van der Waals surface area contributed by atoms with Crippen molar-refractivity contribution in [2.75, 3.05) is 6.61 Å². The Balaban J connectivity index is 2.17. The first-order valence-corrected chi connectivity index (χ1v) is 7.62. The Kier molecular flexibility index (Phi) is 4.44. The summed E-state index contributed by atoms with van der Waals surface area (Å²) >= 11 is 0. The van der Waals surface area contributed by atoms with Crippen molar-refractivity contribution in [1.82, 2.24) is 4.57 Å². The number of aliphatic hydroxyl groups excluding tert-OH is 1. The molecule has 1 unspecified atom stereocenters. The highest BCUT2D eigenvalue weighted by atomic mass is 16.5. The molecule has 0 aliphatic heterocycles. The van der Waals surface area contributed by atoms with Crippen molar-refractivity contribution in [3.8, 4) is 11.5 Å². The number of fused-ring (bicyclic) bond motifs is 1. The molecule has 1 heterocycles. The fourth-order valence-electron chi connectivity index (χ4n) is 2.62. The van der Waals surface area contributed by atoms with Gasteiger partial charge in [0.15, 0.2) is 6.29 Å². The largest absolute Gasteiger partial charge is 0.457 e. The van der Waals surface area contributed by atoms with E-state index < -0.39 is 11.6 Å². The van der Waals surface area contributed by atoms with Gasteiger partial charge in [-0.1, -0.05) is 18.2 Å². The molecule has 24 heavy (non-hydrogen) atoms. The average Bonchev–Trinajstić information content (AvgIpc) is 2.61. The quantitative estimate of drug-likeness (QED) is 0.732. The lowest BCUT2D eigenvalue weighted by Crippen LogP contribution is -2.28. The van der Waals surface area contributed by atoms with E-state index in [0.717, 1.165) is 5.39 Å². The lowest BCUT2D eigenvalue weighted by atomic mass is 10.1. The average molecular weight is 323 g/mol. The molecule has 5 nitrogen and oxygen atoms in total. The van der Waals surface area contributed by atoms with Gasteiger partial charge in [-0.2, -0.15) is 0 Å². The van der Waals surface area contributed by atoms with Crippen molar-refractivity contribution in [3.63, 3.8) is 0 Å². The second-order valence-electron chi connectivity index (χ2n) is 5.56. The number of carbonyl (C=O) groups excluding carboxylic acids is 1. The Morgan fingerprint density at radius 3 is 2.54 bits per heavy atom. The number of aliphatic hydroxyl groups is 1. The highest BCUT2D eigenvalue weighted by Gasteiger charge is 2.14. The van der Waals surface area contributed by atoms with Crippen LogP contribution in [0.5, 0.6) is 11.5 Å². The first-order valence-electron chi connectivity index (χ1n) is 7.62. The molecule has 1 atom stereocenters. The van der Waals surface area contributed by atoms with E-state index in [0.29, 0.717) is 23.3 Å². The predicted octanol–water partition coefficient (Wildman–Crippen LogP) is 3.16. The SMILES string of the molecule is CC(CO)n1c(=O)c(C=O)cc2ccc(Oc3ccccc3)cc21. The summed E-state index contributed by atoms with van der Waals surface area (Å²) < 4.78 is 7.23. The smallest absolute Gasteiger partial charge is 0.261 e. The molecule has 2 aromatic carbocycles. The number of benzene rings is 2. The van der Waals surface area contributed by atoms with Crippen LogP contribution in [-0.2, 0) is 0 Å². The zero-order valence-corrected chi connectivity index (χ0v) is 13.2. The van der Waals surface area contributed by atoms with E-state index in [4.69, 9.17) is 4.74 Å². The van der Waals surface area contributed by atoms with Crippen molar-refractivity contribution >= 4 is 17.2 Å². The number of aldehydes is 1. The Morgan fingerprint density at radius 2 is 1.88 bits per heavy atom. The Hall–Kier alpha value is -2.92. The number of pyridine rings is 1. The number of para-hydroxylation sites is 1. The number of aromatic nitrogens is 1. The maximum absolute atomic E-state index is 12.5. The lowest BCUT2D eigenvalue weighted by Gasteiger charge is -2.17. The van der Waals surface area contributed by atoms with Crippen LogP contribution in [0.15, 0.2) is 59.4 Å². The maximum Gasteiger partial charge on any atom is 0.261 e. The number of ether oxygens (including phenoxy) is 1. The Morgan fingerprint density at radius 1 is 1.12 bits per heavy atom. The van der Waals surface area contributed by atoms with Gasteiger partial charge < -0.3 is 14.4 Å². The molecule has 0 aliphatic carbocycles. The highest BCUT2D eigenvalue weighted by Crippen LogP contribution is 2.26. The Bertz CT molecular complexity index is 931. The van der Waals surface area contributed by atoms with Gasteiger partial charge in [-0.05, 0) is 42.6 Å². The van der Waals surface area contributed by atoms with E-state index in [-0.39, 0.29) is 12.2 Å². The van der Waals surface area contributed by atoms with Crippen molar-refractivity contribution in [3.05, 3.63) is 70.5 Å². The first-order chi connectivity index (χ1) is 11.6. The normalized spacial score (nSPS) is 12.1. The van der Waals surface area contributed by atoms with Crippen LogP contribution in [0.1, 0.15) is 23.3 Å². The molecule has 0 radical (unpaired) electrons. The number of hydrogen-bond donors (Lipinski definition) is 1. The minimum absolute atomic E-state index is 0.0690. The van der Waals surface area contributed by atoms with Crippen LogP contribution < -0.4 is 10.3 Å². The topological polar surface area (TPSA) is 68.5 Å². The summed E-state index contributed by atoms with van der Waals surface area (Å²) in [7, 11) is 0. The fraction of sp³-hybridized carbons (Fsp3) is 0.158. The molecule has 0 bridgehead atoms. The van der Waals surface area contributed by atoms with E-state index in [1.54, 1.807) is 31.2 Å². The molecule has 122 valence electrons. The molecule has 0 aliphatic rings. The van der Waals surface area contributed by atoms with Crippen LogP contribution in [0.25, 0.3) is 10.9 Å². The van der Waals surface area contributed by atoms with Crippen LogP contribution in [0.3, 0.4) is 0 Å². The van der Waals surface area contributed by atoms with E-state index in [9.17, 15) is 14.7 Å². The summed E-state index contributed by atoms with van der Waals surface area (Å²) in [5.41, 5.74) is 0.260. The molecule has 0 fully saturated rings. The molecule has 0 saturated carbocycles. The summed E-state index contributed by atoms with van der Waals surface area (Å²) in [6.45, 7) is 1.52. The molecule has 1 N–H and O–H groups in total. The van der Waals surface area contributed by atoms with E-state index in [1.165, 1.54) is 4.57 Å². The van der Waals surface area contributed by atoms with Gasteiger partial charge in [-0.3, -0.25) is 9.59 Å². The number of rotatable bonds is 5. The summed E-state index contributed by atoms with van der Waals surface area (Å²) in [5, 5.41) is 10.2. The summed E-state index contributed by atoms with van der Waals surface area (Å²) in [5.74, 6) is 1.26. The van der Waals surface area contributed by atoms with Gasteiger partial charge >= 0.3 is 0 Å². The molecular weight excluding hydrogens is 306 g/mol. The third-order valence-corrected chi connectivity index (χ3v) is 3.85. The maximum atomic E-state index is 12.5.